The van der Waals surface area contributed by atoms with Crippen molar-refractivity contribution in [3.05, 3.63) is 46.7 Å². The molecule has 156 valence electrons. The van der Waals surface area contributed by atoms with Crippen LogP contribution in [0.5, 0.6) is 0 Å². The van der Waals surface area contributed by atoms with Gasteiger partial charge in [-0.05, 0) is 55.4 Å². The highest BCUT2D eigenvalue weighted by Gasteiger charge is 2.30. The summed E-state index contributed by atoms with van der Waals surface area (Å²) >= 11 is 0. The van der Waals surface area contributed by atoms with Crippen molar-refractivity contribution in [2.45, 2.75) is 66.8 Å². The molecule has 1 aromatic heterocycles. The van der Waals surface area contributed by atoms with Gasteiger partial charge in [0.2, 0.25) is 11.8 Å². The maximum Gasteiger partial charge on any atom is 0.277 e. The smallest absolute Gasteiger partial charge is 0.277 e. The Morgan fingerprint density at radius 1 is 1.14 bits per heavy atom. The number of aryl methyl sites for hydroxylation is 3. The van der Waals surface area contributed by atoms with Crippen LogP contribution in [0.15, 0.2) is 22.6 Å². The minimum absolute atomic E-state index is 0.0620. The second-order valence-corrected chi connectivity index (χ2v) is 9.19. The van der Waals surface area contributed by atoms with Gasteiger partial charge in [0.15, 0.2) is 5.69 Å². The van der Waals surface area contributed by atoms with E-state index in [4.69, 9.17) is 4.42 Å². The van der Waals surface area contributed by atoms with Crippen molar-refractivity contribution < 1.29 is 14.0 Å². The molecule has 1 heterocycles. The zero-order valence-electron chi connectivity index (χ0n) is 18.2. The lowest BCUT2D eigenvalue weighted by molar-refractivity contribution is -0.129. The number of anilines is 1. The van der Waals surface area contributed by atoms with E-state index in [2.05, 4.69) is 21.7 Å². The number of fused-ring (bicyclic) bond motifs is 1. The Morgan fingerprint density at radius 2 is 1.83 bits per heavy atom. The Hall–Kier alpha value is -2.63. The number of amides is 2. The number of hydrogen-bond acceptors (Lipinski definition) is 4. The molecule has 0 aliphatic heterocycles. The summed E-state index contributed by atoms with van der Waals surface area (Å²) in [7, 11) is 0. The normalized spacial score (nSPS) is 14.6. The van der Waals surface area contributed by atoms with Crippen LogP contribution in [-0.4, -0.2) is 16.8 Å². The molecule has 1 aliphatic rings. The van der Waals surface area contributed by atoms with E-state index in [-0.39, 0.29) is 23.4 Å². The van der Waals surface area contributed by atoms with Crippen molar-refractivity contribution in [1.29, 1.82) is 0 Å². The lowest BCUT2D eigenvalue weighted by atomic mass is 9.94. The van der Waals surface area contributed by atoms with Crippen molar-refractivity contribution in [3.63, 3.8) is 0 Å². The second-order valence-electron chi connectivity index (χ2n) is 9.19. The SMILES string of the molecule is Cc1oc([C@H](NC(=O)C(C)(C)C)C(C)C)nc1C(=O)Nc1ccc2c(c1)CCC2. The van der Waals surface area contributed by atoms with Gasteiger partial charge in [0.25, 0.3) is 5.91 Å². The molecule has 0 fully saturated rings. The molecule has 0 saturated heterocycles. The average molecular weight is 398 g/mol. The molecule has 6 nitrogen and oxygen atoms in total. The highest BCUT2D eigenvalue weighted by molar-refractivity contribution is 6.03. The zero-order chi connectivity index (χ0) is 21.3. The van der Waals surface area contributed by atoms with Gasteiger partial charge < -0.3 is 15.1 Å². The Labute approximate surface area is 172 Å². The highest BCUT2D eigenvalue weighted by atomic mass is 16.4. The third-order valence-corrected chi connectivity index (χ3v) is 5.29. The van der Waals surface area contributed by atoms with Gasteiger partial charge >= 0.3 is 0 Å². The Balaban J connectivity index is 1.79. The first-order valence-electron chi connectivity index (χ1n) is 10.3. The largest absolute Gasteiger partial charge is 0.443 e. The summed E-state index contributed by atoms with van der Waals surface area (Å²) in [6, 6.07) is 5.65. The Bertz CT molecular complexity index is 922. The van der Waals surface area contributed by atoms with Crippen LogP contribution in [0.3, 0.4) is 0 Å². The first-order valence-corrected chi connectivity index (χ1v) is 10.3. The van der Waals surface area contributed by atoms with E-state index in [0.717, 1.165) is 24.9 Å². The third kappa shape index (κ3) is 4.69. The summed E-state index contributed by atoms with van der Waals surface area (Å²) in [5.74, 6) is 0.465. The van der Waals surface area contributed by atoms with E-state index in [1.54, 1.807) is 6.92 Å². The minimum Gasteiger partial charge on any atom is -0.443 e. The molecular weight excluding hydrogens is 366 g/mol. The van der Waals surface area contributed by atoms with E-state index in [9.17, 15) is 9.59 Å². The molecule has 1 aromatic carbocycles. The molecule has 29 heavy (non-hydrogen) atoms. The number of aromatic nitrogens is 1. The van der Waals surface area contributed by atoms with Crippen LogP contribution >= 0.6 is 0 Å². The lowest BCUT2D eigenvalue weighted by Crippen LogP contribution is -2.39. The van der Waals surface area contributed by atoms with Gasteiger partial charge in [0.1, 0.15) is 11.8 Å². The standard InChI is InChI=1S/C23H31N3O3/c1-13(2)18(26-22(28)23(4,5)6)21-25-19(14(3)29-21)20(27)24-17-11-10-15-8-7-9-16(15)12-17/h10-13,18H,7-9H2,1-6H3,(H,24,27)(H,26,28)/t18-/m1/s1. The number of rotatable bonds is 5. The van der Waals surface area contributed by atoms with Crippen LogP contribution in [0.25, 0.3) is 0 Å². The molecule has 1 aliphatic carbocycles. The Kier molecular flexibility index (Phi) is 5.82. The van der Waals surface area contributed by atoms with Crippen molar-refractivity contribution in [3.8, 4) is 0 Å². The average Bonchev–Trinajstić information content (AvgIpc) is 3.24. The number of oxazole rings is 1. The number of carbonyl (C=O) groups is 2. The van der Waals surface area contributed by atoms with E-state index >= 15 is 0 Å². The molecule has 6 heteroatoms. The topological polar surface area (TPSA) is 84.2 Å². The number of benzene rings is 1. The van der Waals surface area contributed by atoms with Crippen molar-refractivity contribution in [2.24, 2.45) is 11.3 Å². The van der Waals surface area contributed by atoms with Crippen LogP contribution in [-0.2, 0) is 17.6 Å². The molecule has 1 atom stereocenters. The molecule has 2 N–H and O–H groups in total. The van der Waals surface area contributed by atoms with Crippen LogP contribution in [0.1, 0.15) is 80.3 Å². The van der Waals surface area contributed by atoms with Crippen LogP contribution in [0.2, 0.25) is 0 Å². The molecule has 2 amide bonds. The van der Waals surface area contributed by atoms with Crippen molar-refractivity contribution in [1.82, 2.24) is 10.3 Å². The zero-order valence-corrected chi connectivity index (χ0v) is 18.2. The fourth-order valence-electron chi connectivity index (χ4n) is 3.47. The van der Waals surface area contributed by atoms with E-state index in [1.165, 1.54) is 11.1 Å². The monoisotopic (exact) mass is 397 g/mol. The quantitative estimate of drug-likeness (QED) is 0.773. The number of nitrogens with zero attached hydrogens (tertiary/aromatic N) is 1. The minimum atomic E-state index is -0.525. The van der Waals surface area contributed by atoms with Crippen LogP contribution < -0.4 is 10.6 Å². The number of nitrogens with one attached hydrogen (secondary N) is 2. The molecular formula is C23H31N3O3. The van der Waals surface area contributed by atoms with Gasteiger partial charge in [0.05, 0.1) is 0 Å². The van der Waals surface area contributed by atoms with E-state index in [1.807, 2.05) is 46.8 Å². The summed E-state index contributed by atoms with van der Waals surface area (Å²) < 4.78 is 5.80. The summed E-state index contributed by atoms with van der Waals surface area (Å²) in [5.41, 5.74) is 3.14. The van der Waals surface area contributed by atoms with Crippen LogP contribution in [0, 0.1) is 18.3 Å². The molecule has 0 unspecified atom stereocenters. The van der Waals surface area contributed by atoms with Gasteiger partial charge in [-0.25, -0.2) is 4.98 Å². The molecule has 2 aromatic rings. The van der Waals surface area contributed by atoms with Gasteiger partial charge in [-0.3, -0.25) is 9.59 Å². The number of hydrogen-bond donors (Lipinski definition) is 2. The summed E-state index contributed by atoms with van der Waals surface area (Å²) in [6.07, 6.45) is 3.32. The van der Waals surface area contributed by atoms with Gasteiger partial charge in [0, 0.05) is 11.1 Å². The molecule has 3 rings (SSSR count). The van der Waals surface area contributed by atoms with E-state index < -0.39 is 11.5 Å². The van der Waals surface area contributed by atoms with E-state index in [0.29, 0.717) is 11.7 Å². The maximum atomic E-state index is 12.8. The summed E-state index contributed by atoms with van der Waals surface area (Å²) in [4.78, 5) is 29.7. The summed E-state index contributed by atoms with van der Waals surface area (Å²) in [6.45, 7) is 11.3. The molecule has 0 saturated carbocycles. The molecule has 0 radical (unpaired) electrons. The fourth-order valence-corrected chi connectivity index (χ4v) is 3.47. The molecule has 0 bridgehead atoms. The maximum absolute atomic E-state index is 12.8. The second kappa shape index (κ2) is 8.01. The fraction of sp³-hybridized carbons (Fsp3) is 0.522. The predicted octanol–water partition coefficient (Wildman–Crippen LogP) is 4.58. The molecule has 0 spiro atoms. The highest BCUT2D eigenvalue weighted by Crippen LogP contribution is 2.27. The van der Waals surface area contributed by atoms with Crippen molar-refractivity contribution >= 4 is 17.5 Å². The van der Waals surface area contributed by atoms with Gasteiger partial charge in [-0.15, -0.1) is 0 Å². The first kappa shape index (κ1) is 21.1. The number of carbonyl (C=O) groups excluding carboxylic acids is 2. The predicted molar refractivity (Wildman–Crippen MR) is 113 cm³/mol. The lowest BCUT2D eigenvalue weighted by Gasteiger charge is -2.24. The third-order valence-electron chi connectivity index (χ3n) is 5.29. The van der Waals surface area contributed by atoms with Crippen molar-refractivity contribution in [2.75, 3.05) is 5.32 Å². The van der Waals surface area contributed by atoms with Gasteiger partial charge in [-0.2, -0.15) is 0 Å². The van der Waals surface area contributed by atoms with Gasteiger partial charge in [-0.1, -0.05) is 40.7 Å². The summed E-state index contributed by atoms with van der Waals surface area (Å²) in [5, 5.41) is 5.93. The Morgan fingerprint density at radius 3 is 2.48 bits per heavy atom. The van der Waals surface area contributed by atoms with Crippen LogP contribution in [0.4, 0.5) is 5.69 Å². The first-order chi connectivity index (χ1) is 13.6.